The van der Waals surface area contributed by atoms with Crippen LogP contribution in [0.1, 0.15) is 38.7 Å². The Bertz CT molecular complexity index is 610. The van der Waals surface area contributed by atoms with E-state index in [1.54, 1.807) is 0 Å². The summed E-state index contributed by atoms with van der Waals surface area (Å²) in [6.45, 7) is 8.12. The van der Waals surface area contributed by atoms with E-state index in [-0.39, 0.29) is 11.9 Å². The number of nitrogens with one attached hydrogen (secondary N) is 1. The minimum absolute atomic E-state index is 0.0139. The molecule has 0 bridgehead atoms. The van der Waals surface area contributed by atoms with Crippen molar-refractivity contribution in [3.05, 3.63) is 29.8 Å². The second-order valence-electron chi connectivity index (χ2n) is 6.77. The SMILES string of the molecule is CCCOc1cccc(CCN=C(NCC)N2CCC(C(=O)OC)CC2)c1. The first kappa shape index (κ1) is 21.1. The molecule has 0 unspecified atom stereocenters. The molecule has 1 aliphatic heterocycles. The molecule has 0 aliphatic carbocycles. The fraction of sp³-hybridized carbons (Fsp3) is 0.619. The highest BCUT2D eigenvalue weighted by atomic mass is 16.5. The molecule has 0 spiro atoms. The smallest absolute Gasteiger partial charge is 0.308 e. The van der Waals surface area contributed by atoms with E-state index >= 15 is 0 Å². The van der Waals surface area contributed by atoms with E-state index < -0.39 is 0 Å². The molecular formula is C21H33N3O3. The van der Waals surface area contributed by atoms with Crippen LogP contribution in [0.3, 0.4) is 0 Å². The van der Waals surface area contributed by atoms with Gasteiger partial charge in [-0.15, -0.1) is 0 Å². The van der Waals surface area contributed by atoms with E-state index in [1.165, 1.54) is 12.7 Å². The maximum atomic E-state index is 11.7. The lowest BCUT2D eigenvalue weighted by molar-refractivity contribution is -0.146. The summed E-state index contributed by atoms with van der Waals surface area (Å²) in [7, 11) is 1.46. The molecule has 6 nitrogen and oxygen atoms in total. The second kappa shape index (κ2) is 11.5. The first-order valence-corrected chi connectivity index (χ1v) is 10.0. The number of nitrogens with zero attached hydrogens (tertiary/aromatic N) is 2. The van der Waals surface area contributed by atoms with Crippen molar-refractivity contribution in [3.63, 3.8) is 0 Å². The highest BCUT2D eigenvalue weighted by Crippen LogP contribution is 2.19. The van der Waals surface area contributed by atoms with Crippen LogP contribution in [-0.2, 0) is 16.0 Å². The van der Waals surface area contributed by atoms with Gasteiger partial charge < -0.3 is 19.7 Å². The molecule has 0 radical (unpaired) electrons. The van der Waals surface area contributed by atoms with Crippen molar-refractivity contribution in [2.24, 2.45) is 10.9 Å². The third kappa shape index (κ3) is 6.77. The summed E-state index contributed by atoms with van der Waals surface area (Å²) in [5.74, 6) is 1.77. The van der Waals surface area contributed by atoms with Gasteiger partial charge in [0.1, 0.15) is 5.75 Å². The van der Waals surface area contributed by atoms with Crippen molar-refractivity contribution in [1.82, 2.24) is 10.2 Å². The largest absolute Gasteiger partial charge is 0.494 e. The topological polar surface area (TPSA) is 63.2 Å². The number of piperidine rings is 1. The minimum atomic E-state index is -0.0956. The fourth-order valence-corrected chi connectivity index (χ4v) is 3.22. The van der Waals surface area contributed by atoms with Gasteiger partial charge in [0.25, 0.3) is 0 Å². The maximum Gasteiger partial charge on any atom is 0.308 e. The lowest BCUT2D eigenvalue weighted by atomic mass is 9.97. The highest BCUT2D eigenvalue weighted by Gasteiger charge is 2.26. The number of hydrogen-bond acceptors (Lipinski definition) is 4. The highest BCUT2D eigenvalue weighted by molar-refractivity contribution is 5.80. The van der Waals surface area contributed by atoms with Crippen LogP contribution in [-0.4, -0.2) is 56.7 Å². The quantitative estimate of drug-likeness (QED) is 0.430. The van der Waals surface area contributed by atoms with Crippen molar-refractivity contribution < 1.29 is 14.3 Å². The van der Waals surface area contributed by atoms with Crippen LogP contribution >= 0.6 is 0 Å². The van der Waals surface area contributed by atoms with Crippen LogP contribution in [0.15, 0.2) is 29.3 Å². The Hall–Kier alpha value is -2.24. The fourth-order valence-electron chi connectivity index (χ4n) is 3.22. The molecule has 1 aromatic carbocycles. The summed E-state index contributed by atoms with van der Waals surface area (Å²) in [5, 5.41) is 3.37. The Labute approximate surface area is 162 Å². The number of ether oxygens (including phenoxy) is 2. The van der Waals surface area contributed by atoms with Gasteiger partial charge in [0.15, 0.2) is 5.96 Å². The van der Waals surface area contributed by atoms with Crippen LogP contribution in [0.2, 0.25) is 0 Å². The summed E-state index contributed by atoms with van der Waals surface area (Å²) in [6, 6.07) is 8.24. The number of hydrogen-bond donors (Lipinski definition) is 1. The number of rotatable bonds is 8. The van der Waals surface area contributed by atoms with Crippen molar-refractivity contribution >= 4 is 11.9 Å². The van der Waals surface area contributed by atoms with Gasteiger partial charge in [-0.3, -0.25) is 9.79 Å². The number of carbonyl (C=O) groups is 1. The van der Waals surface area contributed by atoms with Gasteiger partial charge in [-0.25, -0.2) is 0 Å². The average molecular weight is 376 g/mol. The Balaban J connectivity index is 1.89. The van der Waals surface area contributed by atoms with Crippen molar-refractivity contribution in [2.45, 2.75) is 39.5 Å². The summed E-state index contributed by atoms with van der Waals surface area (Å²) < 4.78 is 10.6. The van der Waals surface area contributed by atoms with Crippen LogP contribution in [0.5, 0.6) is 5.75 Å². The Morgan fingerprint density at radius 1 is 1.30 bits per heavy atom. The van der Waals surface area contributed by atoms with Gasteiger partial charge >= 0.3 is 5.97 Å². The molecule has 27 heavy (non-hydrogen) atoms. The molecule has 1 fully saturated rings. The van der Waals surface area contributed by atoms with Crippen LogP contribution in [0.25, 0.3) is 0 Å². The lowest BCUT2D eigenvalue weighted by Gasteiger charge is -2.33. The third-order valence-corrected chi connectivity index (χ3v) is 4.70. The molecule has 1 saturated heterocycles. The number of likely N-dealkylation sites (tertiary alicyclic amines) is 1. The summed E-state index contributed by atoms with van der Waals surface area (Å²) >= 11 is 0. The Morgan fingerprint density at radius 2 is 2.07 bits per heavy atom. The van der Waals surface area contributed by atoms with Crippen molar-refractivity contribution in [1.29, 1.82) is 0 Å². The predicted molar refractivity (Wildman–Crippen MR) is 108 cm³/mol. The third-order valence-electron chi connectivity index (χ3n) is 4.70. The van der Waals surface area contributed by atoms with Crippen molar-refractivity contribution in [2.75, 3.05) is 39.9 Å². The second-order valence-corrected chi connectivity index (χ2v) is 6.77. The van der Waals surface area contributed by atoms with Crippen molar-refractivity contribution in [3.8, 4) is 5.75 Å². The molecule has 150 valence electrons. The van der Waals surface area contributed by atoms with E-state index in [0.717, 1.165) is 70.2 Å². The van der Waals surface area contributed by atoms with Crippen LogP contribution in [0.4, 0.5) is 0 Å². The van der Waals surface area contributed by atoms with Gasteiger partial charge in [-0.05, 0) is 50.3 Å². The van der Waals surface area contributed by atoms with E-state index in [2.05, 4.69) is 36.2 Å². The molecule has 1 aliphatic rings. The maximum absolute atomic E-state index is 11.7. The monoisotopic (exact) mass is 375 g/mol. The number of aliphatic imine (C=N–C) groups is 1. The molecule has 1 heterocycles. The Morgan fingerprint density at radius 3 is 2.74 bits per heavy atom. The van der Waals surface area contributed by atoms with Gasteiger partial charge in [0, 0.05) is 26.2 Å². The molecule has 0 saturated carbocycles. The normalized spacial score (nSPS) is 15.5. The first-order valence-electron chi connectivity index (χ1n) is 10.0. The Kier molecular flexibility index (Phi) is 8.95. The van der Waals surface area contributed by atoms with Gasteiger partial charge in [0.2, 0.25) is 0 Å². The van der Waals surface area contributed by atoms with Gasteiger partial charge in [-0.2, -0.15) is 0 Å². The molecule has 1 N–H and O–H groups in total. The molecular weight excluding hydrogens is 342 g/mol. The molecule has 6 heteroatoms. The number of carbonyl (C=O) groups excluding carboxylic acids is 1. The van der Waals surface area contributed by atoms with Gasteiger partial charge in [-0.1, -0.05) is 19.1 Å². The van der Waals surface area contributed by atoms with Gasteiger partial charge in [0.05, 0.1) is 19.6 Å². The number of guanidine groups is 1. The molecule has 0 amide bonds. The predicted octanol–water partition coefficient (Wildman–Crippen LogP) is 2.87. The van der Waals surface area contributed by atoms with E-state index in [1.807, 2.05) is 12.1 Å². The summed E-state index contributed by atoms with van der Waals surface area (Å²) in [6.07, 6.45) is 3.51. The molecule has 0 aromatic heterocycles. The standard InChI is InChI=1S/C21H33N3O3/c1-4-15-27-19-8-6-7-17(16-19)9-12-23-21(22-5-2)24-13-10-18(11-14-24)20(25)26-3/h6-8,16,18H,4-5,9-15H2,1-3H3,(H,22,23). The summed E-state index contributed by atoms with van der Waals surface area (Å²) in [5.41, 5.74) is 1.23. The van der Waals surface area contributed by atoms with E-state index in [0.29, 0.717) is 0 Å². The zero-order valence-corrected chi connectivity index (χ0v) is 16.9. The number of esters is 1. The minimum Gasteiger partial charge on any atom is -0.494 e. The number of benzene rings is 1. The van der Waals surface area contributed by atoms with Crippen LogP contribution in [0, 0.1) is 5.92 Å². The molecule has 0 atom stereocenters. The first-order chi connectivity index (χ1) is 13.2. The lowest BCUT2D eigenvalue weighted by Crippen LogP contribution is -2.46. The molecule has 2 rings (SSSR count). The summed E-state index contributed by atoms with van der Waals surface area (Å²) in [4.78, 5) is 18.7. The van der Waals surface area contributed by atoms with Crippen LogP contribution < -0.4 is 10.1 Å². The average Bonchev–Trinajstić information content (AvgIpc) is 2.71. The zero-order valence-electron chi connectivity index (χ0n) is 16.9. The van der Waals surface area contributed by atoms with E-state index in [9.17, 15) is 4.79 Å². The number of methoxy groups -OCH3 is 1. The zero-order chi connectivity index (χ0) is 19.5. The molecule has 1 aromatic rings. The van der Waals surface area contributed by atoms with E-state index in [4.69, 9.17) is 14.5 Å².